The van der Waals surface area contributed by atoms with Crippen LogP contribution in [-0.2, 0) is 4.74 Å². The fourth-order valence-electron chi connectivity index (χ4n) is 1.62. The third kappa shape index (κ3) is 3.77. The van der Waals surface area contributed by atoms with Crippen molar-refractivity contribution in [1.29, 1.82) is 0 Å². The highest BCUT2D eigenvalue weighted by atomic mass is 79.9. The normalized spacial score (nSPS) is 14.6. The maximum atomic E-state index is 5.76. The number of halogens is 1. The van der Waals surface area contributed by atoms with Crippen molar-refractivity contribution in [3.8, 4) is 0 Å². The van der Waals surface area contributed by atoms with Crippen LogP contribution in [0.1, 0.15) is 12.5 Å². The summed E-state index contributed by atoms with van der Waals surface area (Å²) in [4.78, 5) is 0. The Balaban J connectivity index is 2.85. The van der Waals surface area contributed by atoms with E-state index in [0.717, 1.165) is 10.2 Å². The maximum Gasteiger partial charge on any atom is 0.0702 e. The fraction of sp³-hybridized carbons (Fsp3) is 0.500. The molecule has 0 spiro atoms. The Morgan fingerprint density at radius 3 is 2.62 bits per heavy atom. The Hall–Kier alpha value is -0.580. The number of aryl methyl sites for hydroxylation is 1. The lowest BCUT2D eigenvalue weighted by Crippen LogP contribution is -2.46. The minimum absolute atomic E-state index is 0.234. The van der Waals surface area contributed by atoms with Gasteiger partial charge in [-0.1, -0.05) is 15.9 Å². The van der Waals surface area contributed by atoms with E-state index in [1.54, 1.807) is 7.11 Å². The number of hydrogen-bond acceptors (Lipinski definition) is 3. The molecule has 0 saturated heterocycles. The summed E-state index contributed by atoms with van der Waals surface area (Å²) in [6, 6.07) is 6.20. The van der Waals surface area contributed by atoms with Crippen LogP contribution in [0.25, 0.3) is 0 Å². The molecule has 0 saturated carbocycles. The van der Waals surface area contributed by atoms with E-state index in [9.17, 15) is 0 Å². The van der Waals surface area contributed by atoms with Crippen molar-refractivity contribution in [2.75, 3.05) is 25.6 Å². The van der Waals surface area contributed by atoms with Gasteiger partial charge in [-0.3, -0.25) is 0 Å². The quantitative estimate of drug-likeness (QED) is 0.875. The molecule has 0 aromatic heterocycles. The van der Waals surface area contributed by atoms with Crippen LogP contribution in [0.5, 0.6) is 0 Å². The molecule has 3 N–H and O–H groups in total. The number of nitrogens with two attached hydrogens (primary N) is 1. The molecule has 0 aliphatic carbocycles. The lowest BCUT2D eigenvalue weighted by Gasteiger charge is -2.30. The molecule has 0 aliphatic heterocycles. The zero-order valence-electron chi connectivity index (χ0n) is 10.0. The lowest BCUT2D eigenvalue weighted by molar-refractivity contribution is 0.153. The van der Waals surface area contributed by atoms with Gasteiger partial charge in [0.1, 0.15) is 0 Å². The monoisotopic (exact) mass is 286 g/mol. The zero-order valence-corrected chi connectivity index (χ0v) is 11.6. The Labute approximate surface area is 105 Å². The smallest absolute Gasteiger partial charge is 0.0702 e. The first-order valence-corrected chi connectivity index (χ1v) is 6.03. The number of hydrogen-bond donors (Lipinski definition) is 2. The van der Waals surface area contributed by atoms with Crippen LogP contribution in [0.4, 0.5) is 5.69 Å². The SMILES string of the molecule is COCC(C)(CN)Nc1cc(C)cc(Br)c1. The van der Waals surface area contributed by atoms with Crippen molar-refractivity contribution in [1.82, 2.24) is 0 Å². The summed E-state index contributed by atoms with van der Waals surface area (Å²) in [5.41, 5.74) is 7.78. The fourth-order valence-corrected chi connectivity index (χ4v) is 2.23. The predicted octanol–water partition coefficient (Wildman–Crippen LogP) is 2.53. The highest BCUT2D eigenvalue weighted by Gasteiger charge is 2.22. The van der Waals surface area contributed by atoms with E-state index in [1.807, 2.05) is 13.0 Å². The van der Waals surface area contributed by atoms with Crippen LogP contribution in [0, 0.1) is 6.92 Å². The minimum atomic E-state index is -0.234. The molecule has 0 bridgehead atoms. The highest BCUT2D eigenvalue weighted by Crippen LogP contribution is 2.22. The van der Waals surface area contributed by atoms with Gasteiger partial charge < -0.3 is 15.8 Å². The molecule has 1 aromatic carbocycles. The molecule has 3 nitrogen and oxygen atoms in total. The molecule has 1 atom stereocenters. The molecule has 16 heavy (non-hydrogen) atoms. The minimum Gasteiger partial charge on any atom is -0.382 e. The molecule has 0 fully saturated rings. The summed E-state index contributed by atoms with van der Waals surface area (Å²) >= 11 is 3.48. The first-order chi connectivity index (χ1) is 7.49. The third-order valence-corrected chi connectivity index (χ3v) is 2.86. The molecule has 1 rings (SSSR count). The van der Waals surface area contributed by atoms with Gasteiger partial charge in [-0.25, -0.2) is 0 Å². The lowest BCUT2D eigenvalue weighted by atomic mass is 10.0. The van der Waals surface area contributed by atoms with Gasteiger partial charge >= 0.3 is 0 Å². The highest BCUT2D eigenvalue weighted by molar-refractivity contribution is 9.10. The van der Waals surface area contributed by atoms with Crippen LogP contribution in [-0.4, -0.2) is 25.8 Å². The second-order valence-electron chi connectivity index (χ2n) is 4.34. The molecule has 0 radical (unpaired) electrons. The molecule has 0 amide bonds. The van der Waals surface area contributed by atoms with E-state index in [1.165, 1.54) is 5.56 Å². The summed E-state index contributed by atoms with van der Waals surface area (Å²) in [7, 11) is 1.68. The summed E-state index contributed by atoms with van der Waals surface area (Å²) < 4.78 is 6.24. The standard InChI is InChI=1S/C12H19BrN2O/c1-9-4-10(13)6-11(5-9)15-12(2,7-14)8-16-3/h4-6,15H,7-8,14H2,1-3H3. The number of methoxy groups -OCH3 is 1. The van der Waals surface area contributed by atoms with Crippen molar-refractivity contribution in [3.63, 3.8) is 0 Å². The summed E-state index contributed by atoms with van der Waals surface area (Å²) in [6.45, 7) is 5.21. The first kappa shape index (κ1) is 13.5. The van der Waals surface area contributed by atoms with Gasteiger partial charge in [0.15, 0.2) is 0 Å². The van der Waals surface area contributed by atoms with Gasteiger partial charge in [0.25, 0.3) is 0 Å². The largest absolute Gasteiger partial charge is 0.382 e. The topological polar surface area (TPSA) is 47.3 Å². The third-order valence-electron chi connectivity index (χ3n) is 2.40. The Morgan fingerprint density at radius 2 is 2.12 bits per heavy atom. The van der Waals surface area contributed by atoms with Crippen molar-refractivity contribution in [2.45, 2.75) is 19.4 Å². The van der Waals surface area contributed by atoms with Crippen molar-refractivity contribution >= 4 is 21.6 Å². The van der Waals surface area contributed by atoms with Gasteiger partial charge in [0, 0.05) is 23.8 Å². The number of anilines is 1. The van der Waals surface area contributed by atoms with Gasteiger partial charge in [-0.15, -0.1) is 0 Å². The zero-order chi connectivity index (χ0) is 12.2. The Kier molecular flexibility index (Phi) is 4.77. The number of benzene rings is 1. The van der Waals surface area contributed by atoms with Crippen LogP contribution in [0.2, 0.25) is 0 Å². The van der Waals surface area contributed by atoms with Gasteiger partial charge in [-0.05, 0) is 37.6 Å². The van der Waals surface area contributed by atoms with E-state index in [4.69, 9.17) is 10.5 Å². The van der Waals surface area contributed by atoms with E-state index < -0.39 is 0 Å². The number of rotatable bonds is 5. The molecular formula is C12H19BrN2O. The van der Waals surface area contributed by atoms with E-state index in [0.29, 0.717) is 13.2 Å². The van der Waals surface area contributed by atoms with Crippen molar-refractivity contribution < 1.29 is 4.74 Å². The average molecular weight is 287 g/mol. The predicted molar refractivity (Wildman–Crippen MR) is 71.8 cm³/mol. The summed E-state index contributed by atoms with van der Waals surface area (Å²) in [5, 5.41) is 3.41. The van der Waals surface area contributed by atoms with Gasteiger partial charge in [-0.2, -0.15) is 0 Å². The Bertz CT molecular complexity index is 337. The maximum absolute atomic E-state index is 5.76. The van der Waals surface area contributed by atoms with Crippen LogP contribution in [0.3, 0.4) is 0 Å². The molecule has 4 heteroatoms. The number of ether oxygens (including phenoxy) is 1. The summed E-state index contributed by atoms with van der Waals surface area (Å²) in [6.07, 6.45) is 0. The van der Waals surface area contributed by atoms with Crippen molar-refractivity contribution in [3.05, 3.63) is 28.2 Å². The molecule has 0 heterocycles. The van der Waals surface area contributed by atoms with E-state index in [-0.39, 0.29) is 5.54 Å². The van der Waals surface area contributed by atoms with Crippen LogP contribution < -0.4 is 11.1 Å². The number of nitrogens with one attached hydrogen (secondary N) is 1. The van der Waals surface area contributed by atoms with Gasteiger partial charge in [0.2, 0.25) is 0 Å². The molecule has 1 aromatic rings. The Morgan fingerprint density at radius 1 is 1.44 bits per heavy atom. The molecule has 0 aliphatic rings. The first-order valence-electron chi connectivity index (χ1n) is 5.23. The second-order valence-corrected chi connectivity index (χ2v) is 5.26. The molecular weight excluding hydrogens is 268 g/mol. The molecule has 1 unspecified atom stereocenters. The average Bonchev–Trinajstić information content (AvgIpc) is 2.16. The van der Waals surface area contributed by atoms with Crippen molar-refractivity contribution in [2.24, 2.45) is 5.73 Å². The summed E-state index contributed by atoms with van der Waals surface area (Å²) in [5.74, 6) is 0. The second kappa shape index (κ2) is 5.66. The van der Waals surface area contributed by atoms with Gasteiger partial charge in [0.05, 0.1) is 12.1 Å². The van der Waals surface area contributed by atoms with E-state index >= 15 is 0 Å². The molecule has 90 valence electrons. The van der Waals surface area contributed by atoms with E-state index in [2.05, 4.69) is 40.3 Å². The van der Waals surface area contributed by atoms with Crippen LogP contribution in [0.15, 0.2) is 22.7 Å². The van der Waals surface area contributed by atoms with Crippen LogP contribution >= 0.6 is 15.9 Å².